The van der Waals surface area contributed by atoms with Crippen molar-refractivity contribution in [3.05, 3.63) is 45.0 Å². The van der Waals surface area contributed by atoms with Crippen molar-refractivity contribution in [1.29, 1.82) is 0 Å². The van der Waals surface area contributed by atoms with Gasteiger partial charge in [0.1, 0.15) is 0 Å². The van der Waals surface area contributed by atoms with E-state index in [0.717, 1.165) is 16.5 Å². The highest BCUT2D eigenvalue weighted by Crippen LogP contribution is 2.30. The molecule has 2 aromatic heterocycles. The summed E-state index contributed by atoms with van der Waals surface area (Å²) in [6.07, 6.45) is 4.24. The van der Waals surface area contributed by atoms with Gasteiger partial charge in [0.15, 0.2) is 0 Å². The number of furan rings is 1. The minimum absolute atomic E-state index is 0.122. The normalized spacial score (nSPS) is 12.9. The van der Waals surface area contributed by atoms with Crippen LogP contribution in [-0.2, 0) is 6.42 Å². The summed E-state index contributed by atoms with van der Waals surface area (Å²) in [6.45, 7) is 0. The van der Waals surface area contributed by atoms with Crippen LogP contribution in [0.15, 0.2) is 38.9 Å². The van der Waals surface area contributed by atoms with E-state index in [1.54, 1.807) is 23.9 Å². The van der Waals surface area contributed by atoms with E-state index in [2.05, 4.69) is 21.4 Å². The predicted molar refractivity (Wildman–Crippen MR) is 64.5 cm³/mol. The first kappa shape index (κ1) is 10.9. The fourth-order valence-electron chi connectivity index (χ4n) is 1.43. The van der Waals surface area contributed by atoms with Gasteiger partial charge < -0.3 is 4.42 Å². The van der Waals surface area contributed by atoms with Crippen molar-refractivity contribution in [2.45, 2.75) is 12.5 Å². The first-order chi connectivity index (χ1) is 7.31. The van der Waals surface area contributed by atoms with E-state index in [9.17, 15) is 0 Å². The third-order valence-corrected chi connectivity index (χ3v) is 4.17. The van der Waals surface area contributed by atoms with Gasteiger partial charge in [0.25, 0.3) is 0 Å². The second-order valence-electron chi connectivity index (χ2n) is 3.19. The lowest BCUT2D eigenvalue weighted by Crippen LogP contribution is -2.29. The number of hydrogen-bond acceptors (Lipinski definition) is 4. The molecule has 0 fully saturated rings. The van der Waals surface area contributed by atoms with Crippen molar-refractivity contribution in [2.24, 2.45) is 5.84 Å². The van der Waals surface area contributed by atoms with Crippen LogP contribution in [0.25, 0.3) is 0 Å². The quantitative estimate of drug-likeness (QED) is 0.671. The zero-order valence-electron chi connectivity index (χ0n) is 7.94. The Hall–Kier alpha value is -0.620. The molecular formula is C10H11BrN2OS. The van der Waals surface area contributed by atoms with Crippen LogP contribution in [0.2, 0.25) is 0 Å². The lowest BCUT2D eigenvalue weighted by atomic mass is 10.1. The molecule has 0 aromatic carbocycles. The molecule has 0 aliphatic heterocycles. The lowest BCUT2D eigenvalue weighted by molar-refractivity contribution is 0.540. The van der Waals surface area contributed by atoms with Gasteiger partial charge in [-0.05, 0) is 45.4 Å². The van der Waals surface area contributed by atoms with Gasteiger partial charge in [-0.3, -0.25) is 11.3 Å². The van der Waals surface area contributed by atoms with E-state index < -0.39 is 0 Å². The van der Waals surface area contributed by atoms with Crippen LogP contribution in [0, 0.1) is 0 Å². The van der Waals surface area contributed by atoms with E-state index in [1.807, 2.05) is 17.5 Å². The molecule has 1 atom stereocenters. The van der Waals surface area contributed by atoms with Crippen molar-refractivity contribution < 1.29 is 4.42 Å². The fourth-order valence-corrected chi connectivity index (χ4v) is 3.14. The highest BCUT2D eigenvalue weighted by Gasteiger charge is 2.15. The van der Waals surface area contributed by atoms with Crippen LogP contribution in [0.3, 0.4) is 0 Å². The Kier molecular flexibility index (Phi) is 3.58. The molecule has 15 heavy (non-hydrogen) atoms. The van der Waals surface area contributed by atoms with Crippen molar-refractivity contribution >= 4 is 27.3 Å². The van der Waals surface area contributed by atoms with Crippen LogP contribution in [0.5, 0.6) is 0 Å². The van der Waals surface area contributed by atoms with Crippen molar-refractivity contribution in [2.75, 3.05) is 0 Å². The van der Waals surface area contributed by atoms with E-state index in [0.29, 0.717) is 0 Å². The van der Waals surface area contributed by atoms with E-state index >= 15 is 0 Å². The third-order valence-electron chi connectivity index (χ3n) is 2.18. The Labute approximate surface area is 100 Å². The molecule has 0 bridgehead atoms. The molecule has 0 aliphatic carbocycles. The molecule has 2 heterocycles. The van der Waals surface area contributed by atoms with Gasteiger partial charge in [0.2, 0.25) is 0 Å². The minimum atomic E-state index is 0.122. The summed E-state index contributed by atoms with van der Waals surface area (Å²) in [4.78, 5) is 1.21. The number of nitrogens with two attached hydrogens (primary N) is 1. The van der Waals surface area contributed by atoms with Crippen LogP contribution < -0.4 is 11.3 Å². The second-order valence-corrected chi connectivity index (χ2v) is 4.99. The van der Waals surface area contributed by atoms with E-state index in [-0.39, 0.29) is 6.04 Å². The summed E-state index contributed by atoms with van der Waals surface area (Å²) in [5.41, 5.74) is 3.96. The van der Waals surface area contributed by atoms with Crippen molar-refractivity contribution in [3.63, 3.8) is 0 Å². The second kappa shape index (κ2) is 4.94. The molecule has 5 heteroatoms. The van der Waals surface area contributed by atoms with Gasteiger partial charge in [0.05, 0.1) is 18.6 Å². The molecule has 0 amide bonds. The number of hydrazine groups is 1. The molecule has 1 unspecified atom stereocenters. The fraction of sp³-hybridized carbons (Fsp3) is 0.200. The maximum absolute atomic E-state index is 5.55. The third kappa shape index (κ3) is 2.49. The highest BCUT2D eigenvalue weighted by atomic mass is 79.9. The average Bonchev–Trinajstić information content (AvgIpc) is 2.85. The van der Waals surface area contributed by atoms with Gasteiger partial charge in [0, 0.05) is 9.35 Å². The molecule has 0 radical (unpaired) electrons. The topological polar surface area (TPSA) is 51.2 Å². The smallest absolute Gasteiger partial charge is 0.0935 e. The molecule has 3 N–H and O–H groups in total. The van der Waals surface area contributed by atoms with Crippen LogP contribution in [-0.4, -0.2) is 0 Å². The van der Waals surface area contributed by atoms with Gasteiger partial charge in [-0.2, -0.15) is 0 Å². The summed E-state index contributed by atoms with van der Waals surface area (Å²) < 4.78 is 6.13. The summed E-state index contributed by atoms with van der Waals surface area (Å²) in [5.74, 6) is 5.55. The molecule has 3 nitrogen and oxygen atoms in total. The number of halogens is 1. The Morgan fingerprint density at radius 2 is 2.40 bits per heavy atom. The number of nitrogens with one attached hydrogen (secondary N) is 1. The summed E-state index contributed by atoms with van der Waals surface area (Å²) in [5, 5.41) is 2.04. The maximum atomic E-state index is 5.55. The van der Waals surface area contributed by atoms with Gasteiger partial charge in [-0.1, -0.05) is 0 Å². The molecular weight excluding hydrogens is 276 g/mol. The Morgan fingerprint density at radius 1 is 1.53 bits per heavy atom. The minimum Gasteiger partial charge on any atom is -0.472 e. The first-order valence-electron chi connectivity index (χ1n) is 4.51. The molecule has 0 saturated carbocycles. The number of thiophene rings is 1. The predicted octanol–water partition coefficient (Wildman–Crippen LogP) is 2.85. The first-order valence-corrected chi connectivity index (χ1v) is 6.18. The maximum Gasteiger partial charge on any atom is 0.0935 e. The monoisotopic (exact) mass is 286 g/mol. The summed E-state index contributed by atoms with van der Waals surface area (Å²) in [7, 11) is 0. The number of rotatable bonds is 4. The molecule has 0 aliphatic rings. The van der Waals surface area contributed by atoms with Crippen LogP contribution in [0.4, 0.5) is 0 Å². The molecule has 2 rings (SSSR count). The van der Waals surface area contributed by atoms with E-state index in [1.165, 1.54) is 4.88 Å². The van der Waals surface area contributed by atoms with Gasteiger partial charge >= 0.3 is 0 Å². The summed E-state index contributed by atoms with van der Waals surface area (Å²) in [6, 6.07) is 4.10. The molecule has 0 saturated heterocycles. The van der Waals surface area contributed by atoms with E-state index in [4.69, 9.17) is 10.3 Å². The zero-order chi connectivity index (χ0) is 10.7. The van der Waals surface area contributed by atoms with Crippen molar-refractivity contribution in [1.82, 2.24) is 5.43 Å². The SMILES string of the molecule is NNC(Cc1ccoc1)c1sccc1Br. The Morgan fingerprint density at radius 3 is 2.93 bits per heavy atom. The molecule has 2 aromatic rings. The molecule has 80 valence electrons. The zero-order valence-corrected chi connectivity index (χ0v) is 10.3. The highest BCUT2D eigenvalue weighted by molar-refractivity contribution is 9.10. The Balaban J connectivity index is 2.15. The van der Waals surface area contributed by atoms with Crippen LogP contribution in [0.1, 0.15) is 16.5 Å². The van der Waals surface area contributed by atoms with Crippen molar-refractivity contribution in [3.8, 4) is 0 Å². The lowest BCUT2D eigenvalue weighted by Gasteiger charge is -2.13. The Bertz CT molecular complexity index is 413. The number of hydrogen-bond donors (Lipinski definition) is 2. The standard InChI is InChI=1S/C10H11BrN2OS/c11-8-2-4-15-10(8)9(13-12)5-7-1-3-14-6-7/h1-4,6,9,13H,5,12H2. The van der Waals surface area contributed by atoms with Gasteiger partial charge in [-0.15, -0.1) is 11.3 Å². The molecule has 0 spiro atoms. The largest absolute Gasteiger partial charge is 0.472 e. The van der Waals surface area contributed by atoms with Crippen LogP contribution >= 0.6 is 27.3 Å². The van der Waals surface area contributed by atoms with Gasteiger partial charge in [-0.25, -0.2) is 0 Å². The average molecular weight is 287 g/mol. The summed E-state index contributed by atoms with van der Waals surface area (Å²) >= 11 is 5.19.